The van der Waals surface area contributed by atoms with Gasteiger partial charge in [0, 0.05) is 13.1 Å². The molecule has 1 aliphatic rings. The van der Waals surface area contributed by atoms with Crippen LogP contribution in [-0.4, -0.2) is 36.4 Å². The standard InChI is InChI=1S/C5H11NO3S/c1-5(7)10(8,9)6-3-2-4-6/h5,7H,2-4H2,1H3. The first-order chi connectivity index (χ1) is 4.55. The van der Waals surface area contributed by atoms with Gasteiger partial charge in [0.1, 0.15) is 0 Å². The average molecular weight is 165 g/mol. The van der Waals surface area contributed by atoms with Crippen molar-refractivity contribution >= 4 is 10.0 Å². The molecule has 0 amide bonds. The summed E-state index contributed by atoms with van der Waals surface area (Å²) in [5.74, 6) is 0. The summed E-state index contributed by atoms with van der Waals surface area (Å²) in [7, 11) is -3.35. The molecule has 0 radical (unpaired) electrons. The van der Waals surface area contributed by atoms with Crippen molar-refractivity contribution in [1.82, 2.24) is 4.31 Å². The second-order valence-electron chi connectivity index (χ2n) is 2.40. The molecule has 0 bridgehead atoms. The normalized spacial score (nSPS) is 23.8. The van der Waals surface area contributed by atoms with Crippen LogP contribution in [0.2, 0.25) is 0 Å². The van der Waals surface area contributed by atoms with E-state index in [1.165, 1.54) is 11.2 Å². The Kier molecular flexibility index (Phi) is 1.98. The van der Waals surface area contributed by atoms with E-state index in [-0.39, 0.29) is 0 Å². The van der Waals surface area contributed by atoms with Crippen molar-refractivity contribution in [2.45, 2.75) is 18.8 Å². The van der Waals surface area contributed by atoms with Crippen LogP contribution in [0.25, 0.3) is 0 Å². The molecule has 0 aromatic carbocycles. The van der Waals surface area contributed by atoms with Gasteiger partial charge in [-0.1, -0.05) is 0 Å². The third-order valence-corrected chi connectivity index (χ3v) is 3.55. The number of nitrogens with zero attached hydrogens (tertiary/aromatic N) is 1. The molecule has 1 N–H and O–H groups in total. The minimum Gasteiger partial charge on any atom is -0.376 e. The van der Waals surface area contributed by atoms with Crippen molar-refractivity contribution in [2.24, 2.45) is 0 Å². The Morgan fingerprint density at radius 2 is 2.00 bits per heavy atom. The molecule has 1 atom stereocenters. The fourth-order valence-corrected chi connectivity index (χ4v) is 1.96. The summed E-state index contributed by atoms with van der Waals surface area (Å²) in [4.78, 5) is 0. The van der Waals surface area contributed by atoms with E-state index in [9.17, 15) is 8.42 Å². The predicted octanol–water partition coefficient (Wildman–Crippen LogP) is -0.640. The zero-order chi connectivity index (χ0) is 7.78. The molecule has 60 valence electrons. The quantitative estimate of drug-likeness (QED) is 0.592. The first-order valence-corrected chi connectivity index (χ1v) is 4.72. The van der Waals surface area contributed by atoms with Gasteiger partial charge >= 0.3 is 0 Å². The number of hydrogen-bond donors (Lipinski definition) is 1. The van der Waals surface area contributed by atoms with Crippen LogP contribution in [0, 0.1) is 0 Å². The SMILES string of the molecule is CC(O)S(=O)(=O)N1CCC1. The van der Waals surface area contributed by atoms with Gasteiger partial charge < -0.3 is 5.11 Å². The summed E-state index contributed by atoms with van der Waals surface area (Å²) in [6, 6.07) is 0. The van der Waals surface area contributed by atoms with Gasteiger partial charge in [-0.25, -0.2) is 8.42 Å². The van der Waals surface area contributed by atoms with Gasteiger partial charge in [-0.15, -0.1) is 0 Å². The molecular weight excluding hydrogens is 154 g/mol. The Morgan fingerprint density at radius 3 is 2.10 bits per heavy atom. The lowest BCUT2D eigenvalue weighted by molar-refractivity contribution is 0.233. The number of aliphatic hydroxyl groups is 1. The molecule has 4 nitrogen and oxygen atoms in total. The Balaban J connectivity index is 2.68. The van der Waals surface area contributed by atoms with Crippen molar-refractivity contribution in [1.29, 1.82) is 0 Å². The van der Waals surface area contributed by atoms with E-state index < -0.39 is 15.5 Å². The smallest absolute Gasteiger partial charge is 0.240 e. The topological polar surface area (TPSA) is 57.6 Å². The van der Waals surface area contributed by atoms with Gasteiger partial charge in [-0.05, 0) is 13.3 Å². The summed E-state index contributed by atoms with van der Waals surface area (Å²) in [5.41, 5.74) is -1.26. The third kappa shape index (κ3) is 1.16. The monoisotopic (exact) mass is 165 g/mol. The zero-order valence-corrected chi connectivity index (χ0v) is 6.63. The predicted molar refractivity (Wildman–Crippen MR) is 36.8 cm³/mol. The minimum atomic E-state index is -3.35. The third-order valence-electron chi connectivity index (χ3n) is 1.61. The highest BCUT2D eigenvalue weighted by Gasteiger charge is 2.31. The van der Waals surface area contributed by atoms with Crippen LogP contribution in [-0.2, 0) is 10.0 Å². The van der Waals surface area contributed by atoms with Crippen molar-refractivity contribution in [2.75, 3.05) is 13.1 Å². The average Bonchev–Trinajstić information content (AvgIpc) is 1.57. The lowest BCUT2D eigenvalue weighted by Crippen LogP contribution is -2.45. The lowest BCUT2D eigenvalue weighted by atomic mass is 10.3. The lowest BCUT2D eigenvalue weighted by Gasteiger charge is -2.30. The molecule has 1 saturated heterocycles. The van der Waals surface area contributed by atoms with Gasteiger partial charge in [-0.2, -0.15) is 4.31 Å². The van der Waals surface area contributed by atoms with Gasteiger partial charge in [-0.3, -0.25) is 0 Å². The molecule has 0 spiro atoms. The molecule has 5 heteroatoms. The minimum absolute atomic E-state index is 0.563. The van der Waals surface area contributed by atoms with E-state index in [0.29, 0.717) is 13.1 Å². The highest BCUT2D eigenvalue weighted by molar-refractivity contribution is 7.89. The molecule has 1 rings (SSSR count). The summed E-state index contributed by atoms with van der Waals surface area (Å²) < 4.78 is 23.3. The summed E-state index contributed by atoms with van der Waals surface area (Å²) in [5, 5.41) is 8.79. The first kappa shape index (κ1) is 7.97. The number of sulfonamides is 1. The van der Waals surface area contributed by atoms with Gasteiger partial charge in [0.25, 0.3) is 0 Å². The van der Waals surface area contributed by atoms with Crippen LogP contribution in [0.4, 0.5) is 0 Å². The Bertz CT molecular complexity index is 205. The van der Waals surface area contributed by atoms with Crippen molar-refractivity contribution in [3.05, 3.63) is 0 Å². The molecule has 0 aromatic rings. The fraction of sp³-hybridized carbons (Fsp3) is 1.00. The number of hydrogen-bond acceptors (Lipinski definition) is 3. The summed E-state index contributed by atoms with van der Waals surface area (Å²) >= 11 is 0. The Hall–Kier alpha value is -0.130. The molecule has 10 heavy (non-hydrogen) atoms. The van der Waals surface area contributed by atoms with Crippen molar-refractivity contribution in [3.8, 4) is 0 Å². The highest BCUT2D eigenvalue weighted by Crippen LogP contribution is 2.14. The molecule has 0 aliphatic carbocycles. The maximum atomic E-state index is 11.0. The van der Waals surface area contributed by atoms with E-state index in [1.807, 2.05) is 0 Å². The maximum absolute atomic E-state index is 11.0. The van der Waals surface area contributed by atoms with Crippen molar-refractivity contribution in [3.63, 3.8) is 0 Å². The Labute approximate surface area is 60.5 Å². The van der Waals surface area contributed by atoms with E-state index in [0.717, 1.165) is 6.42 Å². The fourth-order valence-electron chi connectivity index (χ4n) is 0.757. The summed E-state index contributed by atoms with van der Waals surface area (Å²) in [6.07, 6.45) is 0.909. The van der Waals surface area contributed by atoms with Crippen LogP contribution < -0.4 is 0 Å². The van der Waals surface area contributed by atoms with Crippen molar-refractivity contribution < 1.29 is 13.5 Å². The molecule has 0 aromatic heterocycles. The van der Waals surface area contributed by atoms with Gasteiger partial charge in [0.05, 0.1) is 0 Å². The highest BCUT2D eigenvalue weighted by atomic mass is 32.2. The second-order valence-corrected chi connectivity index (χ2v) is 4.63. The number of rotatable bonds is 2. The zero-order valence-electron chi connectivity index (χ0n) is 5.82. The van der Waals surface area contributed by atoms with Gasteiger partial charge in [0.2, 0.25) is 10.0 Å². The molecule has 1 aliphatic heterocycles. The molecule has 1 unspecified atom stereocenters. The largest absolute Gasteiger partial charge is 0.376 e. The van der Waals surface area contributed by atoms with Crippen LogP contribution >= 0.6 is 0 Å². The molecule has 0 saturated carbocycles. The van der Waals surface area contributed by atoms with Crippen LogP contribution in [0.5, 0.6) is 0 Å². The molecular formula is C5H11NO3S. The maximum Gasteiger partial charge on any atom is 0.240 e. The van der Waals surface area contributed by atoms with E-state index in [1.54, 1.807) is 0 Å². The molecule has 1 heterocycles. The summed E-state index contributed by atoms with van der Waals surface area (Å²) in [6.45, 7) is 2.40. The van der Waals surface area contributed by atoms with Crippen LogP contribution in [0.15, 0.2) is 0 Å². The van der Waals surface area contributed by atoms with Crippen LogP contribution in [0.1, 0.15) is 13.3 Å². The van der Waals surface area contributed by atoms with E-state index in [4.69, 9.17) is 5.11 Å². The second kappa shape index (κ2) is 2.48. The first-order valence-electron chi connectivity index (χ1n) is 3.22. The number of aliphatic hydroxyl groups excluding tert-OH is 1. The van der Waals surface area contributed by atoms with E-state index in [2.05, 4.69) is 0 Å². The van der Waals surface area contributed by atoms with E-state index >= 15 is 0 Å². The van der Waals surface area contributed by atoms with Gasteiger partial charge in [0.15, 0.2) is 5.44 Å². The molecule has 1 fully saturated rings. The Morgan fingerprint density at radius 1 is 1.50 bits per heavy atom. The van der Waals surface area contributed by atoms with Crippen LogP contribution in [0.3, 0.4) is 0 Å².